The van der Waals surface area contributed by atoms with Gasteiger partial charge in [-0.05, 0) is 55.0 Å². The van der Waals surface area contributed by atoms with Gasteiger partial charge in [0.05, 0.1) is 17.4 Å². The lowest BCUT2D eigenvalue weighted by molar-refractivity contribution is -0.127. The lowest BCUT2D eigenvalue weighted by Gasteiger charge is -2.35. The molecule has 2 amide bonds. The number of benzene rings is 1. The van der Waals surface area contributed by atoms with Crippen molar-refractivity contribution in [2.75, 3.05) is 18.0 Å². The highest BCUT2D eigenvalue weighted by Gasteiger charge is 2.44. The molecule has 4 rings (SSSR count). The van der Waals surface area contributed by atoms with Gasteiger partial charge in [-0.1, -0.05) is 17.7 Å². The minimum atomic E-state index is -0.635. The number of halogens is 1. The highest BCUT2D eigenvalue weighted by Crippen LogP contribution is 2.35. The van der Waals surface area contributed by atoms with Crippen molar-refractivity contribution >= 4 is 41.3 Å². The number of hydroxylamine groups is 1. The summed E-state index contributed by atoms with van der Waals surface area (Å²) in [5, 5.41) is 9.24. The van der Waals surface area contributed by atoms with Gasteiger partial charge in [0.1, 0.15) is 0 Å². The minimum Gasteiger partial charge on any atom is -0.365 e. The fourth-order valence-electron chi connectivity index (χ4n) is 3.99. The van der Waals surface area contributed by atoms with Gasteiger partial charge in [-0.3, -0.25) is 14.8 Å². The van der Waals surface area contributed by atoms with Crippen molar-refractivity contribution in [2.24, 2.45) is 0 Å². The van der Waals surface area contributed by atoms with Crippen LogP contribution in [0.25, 0.3) is 12.2 Å². The summed E-state index contributed by atoms with van der Waals surface area (Å²) in [7, 11) is 0. The molecule has 2 bridgehead atoms. The lowest BCUT2D eigenvalue weighted by Crippen LogP contribution is -2.48. The zero-order valence-electron chi connectivity index (χ0n) is 16.1. The molecule has 0 radical (unpaired) electrons. The Morgan fingerprint density at radius 2 is 1.73 bits per heavy atom. The topological polar surface area (TPSA) is 85.8 Å². The molecule has 1 aromatic heterocycles. The number of piperazine rings is 1. The van der Waals surface area contributed by atoms with E-state index in [1.807, 2.05) is 29.2 Å². The van der Waals surface area contributed by atoms with E-state index in [0.29, 0.717) is 24.0 Å². The predicted octanol–water partition coefficient (Wildman–Crippen LogP) is 2.76. The third-order valence-electron chi connectivity index (χ3n) is 5.39. The standard InChI is InChI=1S/C22H21ClN4O3/c23-15-4-8-18(9-5-15)26-13-20-12-19(26)14-27(20)22(29)11-7-17-3-1-2-16(24-17)6-10-21(28)25-30/h1-11,19-20,30H,12-14H2,(H,25,28)/t19-,20-/m0/s1. The summed E-state index contributed by atoms with van der Waals surface area (Å²) in [6.45, 7) is 1.51. The summed E-state index contributed by atoms with van der Waals surface area (Å²) < 4.78 is 0. The number of pyridine rings is 1. The van der Waals surface area contributed by atoms with E-state index in [1.165, 1.54) is 17.6 Å². The monoisotopic (exact) mass is 424 g/mol. The number of likely N-dealkylation sites (tertiary alicyclic amines) is 1. The number of fused-ring (bicyclic) bond motifs is 2. The molecule has 1 aromatic carbocycles. The number of hydrogen-bond donors (Lipinski definition) is 2. The molecule has 2 N–H and O–H groups in total. The molecule has 2 aromatic rings. The maximum atomic E-state index is 12.7. The third-order valence-corrected chi connectivity index (χ3v) is 5.64. The maximum Gasteiger partial charge on any atom is 0.267 e. The lowest BCUT2D eigenvalue weighted by atomic mass is 10.2. The van der Waals surface area contributed by atoms with Gasteiger partial charge >= 0.3 is 0 Å². The number of carbonyl (C=O) groups excluding carboxylic acids is 2. The molecule has 0 unspecified atom stereocenters. The third kappa shape index (κ3) is 4.37. The molecule has 2 saturated heterocycles. The molecule has 0 saturated carbocycles. The molecule has 2 atom stereocenters. The number of nitrogens with zero attached hydrogens (tertiary/aromatic N) is 3. The molecule has 7 nitrogen and oxygen atoms in total. The van der Waals surface area contributed by atoms with Gasteiger partial charge in [0.2, 0.25) is 5.91 Å². The quantitative estimate of drug-likeness (QED) is 0.438. The summed E-state index contributed by atoms with van der Waals surface area (Å²) >= 11 is 5.98. The van der Waals surface area contributed by atoms with Crippen LogP contribution >= 0.6 is 11.6 Å². The van der Waals surface area contributed by atoms with Crippen LogP contribution in [-0.4, -0.2) is 52.1 Å². The Labute approximate surface area is 179 Å². The van der Waals surface area contributed by atoms with E-state index >= 15 is 0 Å². The van der Waals surface area contributed by atoms with Gasteiger partial charge < -0.3 is 9.80 Å². The number of anilines is 1. The molecule has 2 aliphatic heterocycles. The van der Waals surface area contributed by atoms with E-state index in [1.54, 1.807) is 30.4 Å². The largest absolute Gasteiger partial charge is 0.365 e. The van der Waals surface area contributed by atoms with Crippen LogP contribution in [0.3, 0.4) is 0 Å². The van der Waals surface area contributed by atoms with Crippen LogP contribution in [-0.2, 0) is 9.59 Å². The van der Waals surface area contributed by atoms with Crippen LogP contribution in [0.15, 0.2) is 54.6 Å². The van der Waals surface area contributed by atoms with E-state index in [2.05, 4.69) is 9.88 Å². The number of nitrogens with one attached hydrogen (secondary N) is 1. The normalized spacial score (nSPS) is 20.5. The molecule has 30 heavy (non-hydrogen) atoms. The number of rotatable bonds is 5. The number of carbonyl (C=O) groups is 2. The van der Waals surface area contributed by atoms with Crippen molar-refractivity contribution in [1.82, 2.24) is 15.4 Å². The molecule has 8 heteroatoms. The zero-order chi connectivity index (χ0) is 21.1. The Morgan fingerprint density at radius 3 is 2.37 bits per heavy atom. The van der Waals surface area contributed by atoms with Gasteiger partial charge in [-0.15, -0.1) is 0 Å². The fraction of sp³-hybridized carbons (Fsp3) is 0.227. The summed E-state index contributed by atoms with van der Waals surface area (Å²) in [4.78, 5) is 32.4. The fourth-order valence-corrected chi connectivity index (χ4v) is 4.12. The van der Waals surface area contributed by atoms with Crippen LogP contribution in [0.5, 0.6) is 0 Å². The zero-order valence-corrected chi connectivity index (χ0v) is 16.9. The second-order valence-corrected chi connectivity index (χ2v) is 7.73. The van der Waals surface area contributed by atoms with Crippen LogP contribution in [0, 0.1) is 0 Å². The predicted molar refractivity (Wildman–Crippen MR) is 115 cm³/mol. The van der Waals surface area contributed by atoms with E-state index < -0.39 is 5.91 Å². The first kappa shape index (κ1) is 20.1. The second-order valence-electron chi connectivity index (χ2n) is 7.29. The number of aromatic nitrogens is 1. The number of amides is 2. The van der Waals surface area contributed by atoms with Crippen molar-refractivity contribution in [2.45, 2.75) is 18.5 Å². The van der Waals surface area contributed by atoms with Crippen molar-refractivity contribution in [3.8, 4) is 0 Å². The van der Waals surface area contributed by atoms with E-state index in [0.717, 1.165) is 23.7 Å². The van der Waals surface area contributed by atoms with Gasteiger partial charge in [0.25, 0.3) is 5.91 Å². The Morgan fingerprint density at radius 1 is 1.03 bits per heavy atom. The summed E-state index contributed by atoms with van der Waals surface area (Å²) in [6, 6.07) is 13.6. The SMILES string of the molecule is O=C(C=Cc1cccc(C=CC(=O)N2C[C@@H]3C[C@H]2CN3c2ccc(Cl)cc2)n1)NO. The highest BCUT2D eigenvalue weighted by atomic mass is 35.5. The smallest absolute Gasteiger partial charge is 0.267 e. The minimum absolute atomic E-state index is 0.0272. The summed E-state index contributed by atoms with van der Waals surface area (Å²) in [5.41, 5.74) is 3.82. The van der Waals surface area contributed by atoms with Crippen molar-refractivity contribution in [3.63, 3.8) is 0 Å². The van der Waals surface area contributed by atoms with E-state index in [4.69, 9.17) is 16.8 Å². The van der Waals surface area contributed by atoms with Crippen molar-refractivity contribution in [3.05, 3.63) is 71.0 Å². The molecule has 0 spiro atoms. The van der Waals surface area contributed by atoms with E-state index in [9.17, 15) is 9.59 Å². The molecular weight excluding hydrogens is 404 g/mol. The average molecular weight is 425 g/mol. The second kappa shape index (κ2) is 8.69. The Kier molecular flexibility index (Phi) is 5.83. The van der Waals surface area contributed by atoms with Crippen LogP contribution in [0.4, 0.5) is 5.69 Å². The molecular formula is C22H21ClN4O3. The van der Waals surface area contributed by atoms with Gasteiger partial charge in [-0.2, -0.15) is 0 Å². The van der Waals surface area contributed by atoms with Gasteiger partial charge in [0, 0.05) is 42.0 Å². The van der Waals surface area contributed by atoms with Crippen LogP contribution in [0.1, 0.15) is 17.8 Å². The molecule has 3 heterocycles. The molecule has 0 aliphatic carbocycles. The first-order chi connectivity index (χ1) is 14.5. The summed E-state index contributed by atoms with van der Waals surface area (Å²) in [6.07, 6.45) is 6.84. The van der Waals surface area contributed by atoms with Crippen molar-refractivity contribution in [1.29, 1.82) is 0 Å². The molecule has 2 aliphatic rings. The Bertz CT molecular complexity index is 1010. The average Bonchev–Trinajstić information content (AvgIpc) is 3.38. The van der Waals surface area contributed by atoms with E-state index in [-0.39, 0.29) is 11.9 Å². The van der Waals surface area contributed by atoms with Gasteiger partial charge in [-0.25, -0.2) is 10.5 Å². The summed E-state index contributed by atoms with van der Waals surface area (Å²) in [5.74, 6) is -0.662. The maximum absolute atomic E-state index is 12.7. The Hall–Kier alpha value is -3.16. The van der Waals surface area contributed by atoms with Crippen LogP contribution in [0.2, 0.25) is 5.02 Å². The molecule has 2 fully saturated rings. The van der Waals surface area contributed by atoms with Gasteiger partial charge in [0.15, 0.2) is 0 Å². The molecule has 154 valence electrons. The van der Waals surface area contributed by atoms with Crippen molar-refractivity contribution < 1.29 is 14.8 Å². The first-order valence-corrected chi connectivity index (χ1v) is 10.0. The van der Waals surface area contributed by atoms with Crippen LogP contribution < -0.4 is 10.4 Å². The number of hydrogen-bond acceptors (Lipinski definition) is 5. The first-order valence-electron chi connectivity index (χ1n) is 9.63. The Balaban J connectivity index is 1.38. The highest BCUT2D eigenvalue weighted by molar-refractivity contribution is 6.30.